The average molecular weight is 355 g/mol. The van der Waals surface area contributed by atoms with E-state index in [2.05, 4.69) is 9.72 Å². The number of nitriles is 1. The van der Waals surface area contributed by atoms with Gasteiger partial charge in [0, 0.05) is 25.0 Å². The SMILES string of the molecule is COC(=O)c1c(F)cc(-c2cc(C3CCOCC3)cnc2N)cc1C#N. The predicted octanol–water partition coefficient (Wildman–Crippen LogP) is 3.02. The van der Waals surface area contributed by atoms with Crippen LogP contribution in [0.25, 0.3) is 11.1 Å². The second kappa shape index (κ2) is 7.50. The predicted molar refractivity (Wildman–Crippen MR) is 92.9 cm³/mol. The van der Waals surface area contributed by atoms with E-state index in [1.807, 2.05) is 12.1 Å². The zero-order valence-corrected chi connectivity index (χ0v) is 14.3. The van der Waals surface area contributed by atoms with Crippen LogP contribution in [0.2, 0.25) is 0 Å². The lowest BCUT2D eigenvalue weighted by Crippen LogP contribution is -2.14. The van der Waals surface area contributed by atoms with Crippen LogP contribution in [0.15, 0.2) is 24.4 Å². The summed E-state index contributed by atoms with van der Waals surface area (Å²) in [6.07, 6.45) is 3.48. The first-order valence-electron chi connectivity index (χ1n) is 8.20. The number of hydrogen-bond acceptors (Lipinski definition) is 6. The quantitative estimate of drug-likeness (QED) is 0.850. The number of benzene rings is 1. The molecule has 1 aromatic heterocycles. The molecule has 0 atom stereocenters. The lowest BCUT2D eigenvalue weighted by Gasteiger charge is -2.23. The molecular weight excluding hydrogens is 337 g/mol. The number of halogens is 1. The van der Waals surface area contributed by atoms with Gasteiger partial charge in [0.15, 0.2) is 0 Å². The molecule has 1 saturated heterocycles. The van der Waals surface area contributed by atoms with Crippen molar-refractivity contribution in [3.05, 3.63) is 46.9 Å². The number of aromatic nitrogens is 1. The number of pyridine rings is 1. The molecule has 6 nitrogen and oxygen atoms in total. The van der Waals surface area contributed by atoms with E-state index < -0.39 is 11.8 Å². The van der Waals surface area contributed by atoms with Crippen LogP contribution in [0.4, 0.5) is 10.2 Å². The van der Waals surface area contributed by atoms with E-state index in [9.17, 15) is 14.4 Å². The number of nitrogen functional groups attached to an aromatic ring is 1. The maximum absolute atomic E-state index is 14.5. The summed E-state index contributed by atoms with van der Waals surface area (Å²) < 4.78 is 24.4. The molecule has 2 aromatic rings. The number of ether oxygens (including phenoxy) is 2. The van der Waals surface area contributed by atoms with Gasteiger partial charge < -0.3 is 15.2 Å². The summed E-state index contributed by atoms with van der Waals surface area (Å²) in [6, 6.07) is 6.31. The Morgan fingerprint density at radius 2 is 2.12 bits per heavy atom. The Kier molecular flexibility index (Phi) is 5.14. The van der Waals surface area contributed by atoms with Crippen LogP contribution in [0.1, 0.15) is 40.2 Å². The van der Waals surface area contributed by atoms with E-state index >= 15 is 0 Å². The van der Waals surface area contributed by atoms with E-state index in [1.54, 1.807) is 6.20 Å². The van der Waals surface area contributed by atoms with Crippen LogP contribution in [0.5, 0.6) is 0 Å². The molecule has 0 radical (unpaired) electrons. The van der Waals surface area contributed by atoms with Crippen molar-refractivity contribution in [2.45, 2.75) is 18.8 Å². The monoisotopic (exact) mass is 355 g/mol. The second-order valence-corrected chi connectivity index (χ2v) is 6.07. The summed E-state index contributed by atoms with van der Waals surface area (Å²) in [5, 5.41) is 9.30. The molecule has 0 amide bonds. The summed E-state index contributed by atoms with van der Waals surface area (Å²) in [6.45, 7) is 1.37. The van der Waals surface area contributed by atoms with Gasteiger partial charge in [-0.15, -0.1) is 0 Å². The topological polar surface area (TPSA) is 98.2 Å². The van der Waals surface area contributed by atoms with Gasteiger partial charge in [0.25, 0.3) is 0 Å². The van der Waals surface area contributed by atoms with Gasteiger partial charge in [-0.25, -0.2) is 14.2 Å². The van der Waals surface area contributed by atoms with Crippen LogP contribution in [-0.4, -0.2) is 31.3 Å². The Labute approximate surface area is 150 Å². The highest BCUT2D eigenvalue weighted by Crippen LogP contribution is 2.33. The first-order valence-corrected chi connectivity index (χ1v) is 8.20. The molecule has 1 aromatic carbocycles. The summed E-state index contributed by atoms with van der Waals surface area (Å²) in [5.74, 6) is -1.20. The van der Waals surface area contributed by atoms with Crippen LogP contribution in [0, 0.1) is 17.1 Å². The van der Waals surface area contributed by atoms with Crippen molar-refractivity contribution in [2.24, 2.45) is 0 Å². The smallest absolute Gasteiger partial charge is 0.342 e. The minimum absolute atomic E-state index is 0.109. The molecule has 0 saturated carbocycles. The minimum atomic E-state index is -0.896. The van der Waals surface area contributed by atoms with Gasteiger partial charge in [-0.3, -0.25) is 0 Å². The number of anilines is 1. The Balaban J connectivity index is 2.07. The van der Waals surface area contributed by atoms with Gasteiger partial charge in [-0.2, -0.15) is 5.26 Å². The molecule has 2 heterocycles. The molecule has 26 heavy (non-hydrogen) atoms. The van der Waals surface area contributed by atoms with E-state index in [1.165, 1.54) is 12.1 Å². The van der Waals surface area contributed by atoms with Crippen molar-refractivity contribution >= 4 is 11.8 Å². The Hall–Kier alpha value is -2.98. The molecule has 3 rings (SSSR count). The van der Waals surface area contributed by atoms with Crippen molar-refractivity contribution < 1.29 is 18.7 Å². The lowest BCUT2D eigenvalue weighted by molar-refractivity contribution is 0.0595. The lowest BCUT2D eigenvalue weighted by atomic mass is 9.90. The zero-order valence-electron chi connectivity index (χ0n) is 14.3. The fourth-order valence-corrected chi connectivity index (χ4v) is 3.14. The second-order valence-electron chi connectivity index (χ2n) is 6.07. The van der Waals surface area contributed by atoms with Crippen LogP contribution < -0.4 is 5.73 Å². The van der Waals surface area contributed by atoms with Crippen LogP contribution >= 0.6 is 0 Å². The van der Waals surface area contributed by atoms with E-state index in [-0.39, 0.29) is 16.9 Å². The molecule has 134 valence electrons. The number of nitrogens with two attached hydrogens (primary N) is 1. The van der Waals surface area contributed by atoms with E-state index in [0.29, 0.717) is 30.3 Å². The highest BCUT2D eigenvalue weighted by molar-refractivity contribution is 5.93. The minimum Gasteiger partial charge on any atom is -0.465 e. The van der Waals surface area contributed by atoms with Crippen LogP contribution in [-0.2, 0) is 9.47 Å². The zero-order chi connectivity index (χ0) is 18.7. The van der Waals surface area contributed by atoms with Crippen molar-refractivity contribution in [2.75, 3.05) is 26.1 Å². The number of rotatable bonds is 3. The normalized spacial score (nSPS) is 14.7. The fourth-order valence-electron chi connectivity index (χ4n) is 3.14. The molecule has 1 aliphatic rings. The number of hydrogen-bond donors (Lipinski definition) is 1. The number of esters is 1. The standard InChI is InChI=1S/C19H18FN3O3/c1-25-19(24)17-13(9-21)6-12(8-16(17)20)15-7-14(10-23-18(15)22)11-2-4-26-5-3-11/h6-8,10-11H,2-5H2,1H3,(H2,22,23). The Morgan fingerprint density at radius 3 is 2.77 bits per heavy atom. The summed E-state index contributed by atoms with van der Waals surface area (Å²) in [4.78, 5) is 16.0. The molecular formula is C19H18FN3O3. The van der Waals surface area contributed by atoms with E-state index in [4.69, 9.17) is 10.5 Å². The Bertz CT molecular complexity index is 886. The van der Waals surface area contributed by atoms with Crippen molar-refractivity contribution in [1.29, 1.82) is 5.26 Å². The van der Waals surface area contributed by atoms with Gasteiger partial charge in [-0.05, 0) is 48.1 Å². The highest BCUT2D eigenvalue weighted by Gasteiger charge is 2.22. The maximum Gasteiger partial charge on any atom is 0.342 e. The average Bonchev–Trinajstić information content (AvgIpc) is 2.67. The molecule has 7 heteroatoms. The van der Waals surface area contributed by atoms with Gasteiger partial charge >= 0.3 is 5.97 Å². The maximum atomic E-state index is 14.5. The molecule has 2 N–H and O–H groups in total. The van der Waals surface area contributed by atoms with Crippen molar-refractivity contribution in [3.63, 3.8) is 0 Å². The summed E-state index contributed by atoms with van der Waals surface area (Å²) in [7, 11) is 1.14. The summed E-state index contributed by atoms with van der Waals surface area (Å²) in [5.41, 5.74) is 7.41. The third-order valence-electron chi connectivity index (χ3n) is 4.54. The van der Waals surface area contributed by atoms with Crippen LogP contribution in [0.3, 0.4) is 0 Å². The molecule has 0 unspecified atom stereocenters. The number of carbonyl (C=O) groups is 1. The molecule has 0 spiro atoms. The third-order valence-corrected chi connectivity index (χ3v) is 4.54. The van der Waals surface area contributed by atoms with E-state index in [0.717, 1.165) is 25.5 Å². The molecule has 0 bridgehead atoms. The highest BCUT2D eigenvalue weighted by atomic mass is 19.1. The molecule has 1 aliphatic heterocycles. The first kappa shape index (κ1) is 17.8. The molecule has 0 aliphatic carbocycles. The molecule has 1 fully saturated rings. The summed E-state index contributed by atoms with van der Waals surface area (Å²) >= 11 is 0. The van der Waals surface area contributed by atoms with Gasteiger partial charge in [0.1, 0.15) is 23.3 Å². The van der Waals surface area contributed by atoms with Gasteiger partial charge in [-0.1, -0.05) is 0 Å². The number of methoxy groups -OCH3 is 1. The first-order chi connectivity index (χ1) is 12.5. The largest absolute Gasteiger partial charge is 0.465 e. The van der Waals surface area contributed by atoms with Gasteiger partial charge in [0.05, 0.1) is 12.7 Å². The Morgan fingerprint density at radius 1 is 1.38 bits per heavy atom. The fraction of sp³-hybridized carbons (Fsp3) is 0.316. The van der Waals surface area contributed by atoms with Gasteiger partial charge in [0.2, 0.25) is 0 Å². The van der Waals surface area contributed by atoms with Crippen molar-refractivity contribution in [3.8, 4) is 17.2 Å². The number of nitrogens with zero attached hydrogens (tertiary/aromatic N) is 2. The third kappa shape index (κ3) is 3.37. The number of carbonyl (C=O) groups excluding carboxylic acids is 1. The van der Waals surface area contributed by atoms with Crippen molar-refractivity contribution in [1.82, 2.24) is 4.98 Å².